The smallest absolute Gasteiger partial charge is 0.346 e. The molecule has 0 N–H and O–H groups in total. The molecule has 0 aromatic rings. The number of allylic oxidation sites excluding steroid dienone is 2. The maximum absolute atomic E-state index is 12.3. The van der Waals surface area contributed by atoms with Gasteiger partial charge in [0.25, 0.3) is 0 Å². The average molecular weight is 304 g/mol. The molecule has 3 aliphatic rings. The van der Waals surface area contributed by atoms with Crippen molar-refractivity contribution >= 4 is 23.7 Å². The lowest BCUT2D eigenvalue weighted by Crippen LogP contribution is -2.45. The highest BCUT2D eigenvalue weighted by molar-refractivity contribution is 8.04. The Labute approximate surface area is 129 Å². The van der Waals surface area contributed by atoms with E-state index in [0.717, 1.165) is 5.57 Å². The monoisotopic (exact) mass is 304 g/mol. The molecule has 3 nitrogen and oxygen atoms in total. The van der Waals surface area contributed by atoms with Gasteiger partial charge in [-0.05, 0) is 41.9 Å². The van der Waals surface area contributed by atoms with Gasteiger partial charge in [0.15, 0.2) is 0 Å². The summed E-state index contributed by atoms with van der Waals surface area (Å²) in [6, 6.07) is 0. The first-order valence-corrected chi connectivity index (χ1v) is 8.06. The third-order valence-corrected chi connectivity index (χ3v) is 6.60. The van der Waals surface area contributed by atoms with Crippen molar-refractivity contribution in [3.05, 3.63) is 33.3 Å². The van der Waals surface area contributed by atoms with Crippen molar-refractivity contribution in [1.29, 1.82) is 0 Å². The first kappa shape index (κ1) is 14.6. The van der Waals surface area contributed by atoms with Gasteiger partial charge in [-0.3, -0.25) is 0 Å². The number of carbonyl (C=O) groups is 2. The van der Waals surface area contributed by atoms with Crippen molar-refractivity contribution in [2.45, 2.75) is 46.3 Å². The minimum Gasteiger partial charge on any atom is -0.386 e. The Morgan fingerprint density at radius 3 is 2.33 bits per heavy atom. The Morgan fingerprint density at radius 1 is 1.14 bits per heavy atom. The summed E-state index contributed by atoms with van der Waals surface area (Å²) in [7, 11) is 0. The van der Waals surface area contributed by atoms with Crippen molar-refractivity contribution in [1.82, 2.24) is 0 Å². The van der Waals surface area contributed by atoms with E-state index < -0.39 is 17.4 Å². The topological polar surface area (TPSA) is 43.4 Å². The van der Waals surface area contributed by atoms with Crippen LogP contribution in [0.15, 0.2) is 33.3 Å². The average Bonchev–Trinajstić information content (AvgIpc) is 2.78. The molecule has 0 spiro atoms. The molecule has 1 aliphatic carbocycles. The zero-order chi connectivity index (χ0) is 15.7. The number of hydrogen-bond donors (Lipinski definition) is 0. The fraction of sp³-hybridized carbons (Fsp3) is 0.529. The van der Waals surface area contributed by atoms with Gasteiger partial charge in [-0.2, -0.15) is 0 Å². The van der Waals surface area contributed by atoms with Gasteiger partial charge >= 0.3 is 11.9 Å². The summed E-state index contributed by atoms with van der Waals surface area (Å²) in [5.41, 5.74) is 2.78. The molecule has 0 aromatic carbocycles. The molecule has 0 saturated carbocycles. The van der Waals surface area contributed by atoms with Crippen LogP contribution in [0.4, 0.5) is 0 Å². The third kappa shape index (κ3) is 1.62. The minimum absolute atomic E-state index is 0.168. The summed E-state index contributed by atoms with van der Waals surface area (Å²) in [6.07, 6.45) is 2.17. The van der Waals surface area contributed by atoms with Crippen LogP contribution in [-0.2, 0) is 14.3 Å². The van der Waals surface area contributed by atoms with E-state index in [1.807, 2.05) is 13.8 Å². The summed E-state index contributed by atoms with van der Waals surface area (Å²) in [4.78, 5) is 25.7. The molecule has 0 unspecified atom stereocenters. The molecule has 3 rings (SSSR count). The second-order valence-electron chi connectivity index (χ2n) is 6.92. The first-order chi connectivity index (χ1) is 9.61. The highest BCUT2D eigenvalue weighted by Crippen LogP contribution is 2.63. The van der Waals surface area contributed by atoms with E-state index in [4.69, 9.17) is 4.74 Å². The number of rotatable bonds is 1. The van der Waals surface area contributed by atoms with E-state index in [2.05, 4.69) is 33.8 Å². The number of esters is 2. The molecule has 0 fully saturated rings. The molecule has 0 aromatic heterocycles. The standard InChI is InChI=1S/C17H20O3S/c1-8(2)11-10-7-9(3)21-17(10,6)16(4,5)13-12(11)14(18)20-15(13)19/h7-8H,1-6H3/t17-/m1/s1. The Kier molecular flexibility index (Phi) is 2.88. The maximum atomic E-state index is 12.3. The first-order valence-electron chi connectivity index (χ1n) is 7.25. The normalized spacial score (nSPS) is 30.7. The number of carbonyl (C=O) groups excluding carboxylic acids is 2. The highest BCUT2D eigenvalue weighted by Gasteiger charge is 2.59. The van der Waals surface area contributed by atoms with Crippen molar-refractivity contribution in [2.75, 3.05) is 0 Å². The molecule has 0 saturated heterocycles. The molecule has 0 radical (unpaired) electrons. The minimum atomic E-state index is -0.482. The van der Waals surface area contributed by atoms with Gasteiger partial charge in [-0.25, -0.2) is 9.59 Å². The van der Waals surface area contributed by atoms with Gasteiger partial charge < -0.3 is 4.74 Å². The summed E-state index contributed by atoms with van der Waals surface area (Å²) < 4.78 is 4.71. The molecule has 2 heterocycles. The summed E-state index contributed by atoms with van der Waals surface area (Å²) >= 11 is 1.78. The molecule has 112 valence electrons. The predicted molar refractivity (Wildman–Crippen MR) is 83.5 cm³/mol. The van der Waals surface area contributed by atoms with E-state index in [1.165, 1.54) is 10.5 Å². The van der Waals surface area contributed by atoms with Crippen LogP contribution in [0, 0.1) is 11.3 Å². The number of fused-ring (bicyclic) bond motifs is 1. The molecule has 2 aliphatic heterocycles. The molecule has 0 bridgehead atoms. The van der Waals surface area contributed by atoms with Crippen LogP contribution < -0.4 is 0 Å². The third-order valence-electron chi connectivity index (χ3n) is 5.02. The van der Waals surface area contributed by atoms with Gasteiger partial charge in [0.05, 0.1) is 15.9 Å². The Hall–Kier alpha value is -1.29. The van der Waals surface area contributed by atoms with Gasteiger partial charge in [-0.15, -0.1) is 11.8 Å². The second kappa shape index (κ2) is 4.13. The van der Waals surface area contributed by atoms with Crippen LogP contribution in [0.5, 0.6) is 0 Å². The number of hydrogen-bond acceptors (Lipinski definition) is 4. The van der Waals surface area contributed by atoms with Crippen LogP contribution >= 0.6 is 11.8 Å². The fourth-order valence-corrected chi connectivity index (χ4v) is 5.18. The lowest BCUT2D eigenvalue weighted by Gasteiger charge is -2.46. The van der Waals surface area contributed by atoms with Gasteiger partial charge in [0, 0.05) is 5.41 Å². The van der Waals surface area contributed by atoms with Gasteiger partial charge in [-0.1, -0.05) is 27.7 Å². The quantitative estimate of drug-likeness (QED) is 0.546. The molecule has 1 atom stereocenters. The molecule has 21 heavy (non-hydrogen) atoms. The van der Waals surface area contributed by atoms with Crippen molar-refractivity contribution in [2.24, 2.45) is 11.3 Å². The summed E-state index contributed by atoms with van der Waals surface area (Å²) in [6.45, 7) is 12.5. The zero-order valence-corrected chi connectivity index (χ0v) is 14.1. The zero-order valence-electron chi connectivity index (χ0n) is 13.3. The predicted octanol–water partition coefficient (Wildman–Crippen LogP) is 3.77. The van der Waals surface area contributed by atoms with E-state index in [-0.39, 0.29) is 10.7 Å². The van der Waals surface area contributed by atoms with Crippen LogP contribution in [0.2, 0.25) is 0 Å². The number of thioether (sulfide) groups is 1. The molecule has 4 heteroatoms. The fourth-order valence-electron chi connectivity index (χ4n) is 3.72. The van der Waals surface area contributed by atoms with Crippen LogP contribution in [0.1, 0.15) is 41.5 Å². The Bertz CT molecular complexity index is 676. The lowest BCUT2D eigenvalue weighted by atomic mass is 9.62. The van der Waals surface area contributed by atoms with Crippen LogP contribution in [0.3, 0.4) is 0 Å². The van der Waals surface area contributed by atoms with Crippen molar-refractivity contribution < 1.29 is 14.3 Å². The second-order valence-corrected chi connectivity index (χ2v) is 8.59. The van der Waals surface area contributed by atoms with Crippen molar-refractivity contribution in [3.8, 4) is 0 Å². The Morgan fingerprint density at radius 2 is 1.76 bits per heavy atom. The molecular formula is C17H20O3S. The van der Waals surface area contributed by atoms with E-state index in [9.17, 15) is 9.59 Å². The number of cyclic esters (lactones) is 2. The largest absolute Gasteiger partial charge is 0.386 e. The lowest BCUT2D eigenvalue weighted by molar-refractivity contribution is -0.151. The maximum Gasteiger partial charge on any atom is 0.346 e. The molecule has 0 amide bonds. The van der Waals surface area contributed by atoms with Gasteiger partial charge in [0.1, 0.15) is 0 Å². The van der Waals surface area contributed by atoms with E-state index >= 15 is 0 Å². The number of ether oxygens (including phenoxy) is 1. The van der Waals surface area contributed by atoms with Crippen molar-refractivity contribution in [3.63, 3.8) is 0 Å². The Balaban J connectivity index is 2.41. The van der Waals surface area contributed by atoms with Crippen LogP contribution in [0.25, 0.3) is 0 Å². The van der Waals surface area contributed by atoms with Crippen LogP contribution in [-0.4, -0.2) is 16.7 Å². The van der Waals surface area contributed by atoms with E-state index in [1.54, 1.807) is 11.8 Å². The summed E-state index contributed by atoms with van der Waals surface area (Å²) in [5, 5.41) is 0. The van der Waals surface area contributed by atoms with E-state index in [0.29, 0.717) is 11.1 Å². The van der Waals surface area contributed by atoms with Gasteiger partial charge in [0.2, 0.25) is 0 Å². The summed E-state index contributed by atoms with van der Waals surface area (Å²) in [5.74, 6) is -0.783. The highest BCUT2D eigenvalue weighted by atomic mass is 32.2. The SMILES string of the molecule is CC1=CC2=C(C(C)C)C3=C(C(=O)OC3=O)C(C)(C)[C@]2(C)S1. The molecular weight excluding hydrogens is 284 g/mol.